The van der Waals surface area contributed by atoms with Gasteiger partial charge in [0, 0.05) is 0 Å². The van der Waals surface area contributed by atoms with Crippen molar-refractivity contribution in [2.75, 3.05) is 26.4 Å². The van der Waals surface area contributed by atoms with Crippen LogP contribution in [-0.2, 0) is 42.6 Å². The van der Waals surface area contributed by atoms with Crippen molar-refractivity contribution in [2.45, 2.75) is 59.0 Å². The summed E-state index contributed by atoms with van der Waals surface area (Å²) in [4.78, 5) is 0. The predicted molar refractivity (Wildman–Crippen MR) is 123 cm³/mol. The van der Waals surface area contributed by atoms with Crippen LogP contribution >= 0.6 is 0 Å². The van der Waals surface area contributed by atoms with E-state index in [9.17, 15) is 0 Å². The molecule has 0 atom stereocenters. The minimum Gasteiger partial charge on any atom is -1.00 e. The second-order valence-electron chi connectivity index (χ2n) is 8.23. The quantitative estimate of drug-likeness (QED) is 0.195. The average molecular weight is 585 g/mol. The van der Waals surface area contributed by atoms with Gasteiger partial charge in [0.25, 0.3) is 0 Å². The van der Waals surface area contributed by atoms with Crippen molar-refractivity contribution in [1.29, 1.82) is 0 Å². The van der Waals surface area contributed by atoms with Gasteiger partial charge in [-0.2, -0.15) is 12.2 Å². The first-order chi connectivity index (χ1) is 13.6. The molecule has 178 valence electrons. The summed E-state index contributed by atoms with van der Waals surface area (Å²) in [6.07, 6.45) is 15.7. The van der Waals surface area contributed by atoms with Gasteiger partial charge in [-0.25, -0.2) is 0 Å². The first-order valence-corrected chi connectivity index (χ1v) is 18.3. The molecule has 0 amide bonds. The first-order valence-electron chi connectivity index (χ1n) is 10.1. The van der Waals surface area contributed by atoms with Gasteiger partial charge in [0.2, 0.25) is 0 Å². The van der Waals surface area contributed by atoms with Gasteiger partial charge in [-0.3, -0.25) is 12.2 Å². The van der Waals surface area contributed by atoms with E-state index in [1.807, 2.05) is 31.2 Å². The van der Waals surface area contributed by atoms with Crippen LogP contribution in [0.3, 0.4) is 0 Å². The molecule has 0 aromatic carbocycles. The monoisotopic (exact) mass is 582 g/mol. The van der Waals surface area contributed by atoms with Crippen LogP contribution in [0.2, 0.25) is 39.3 Å². The van der Waals surface area contributed by atoms with Gasteiger partial charge in [-0.1, -0.05) is 0 Å². The molecule has 2 aliphatic rings. The van der Waals surface area contributed by atoms with Gasteiger partial charge < -0.3 is 43.1 Å². The van der Waals surface area contributed by atoms with Crippen molar-refractivity contribution in [3.05, 3.63) is 48.0 Å². The normalized spacial score (nSPS) is 14.0. The van der Waals surface area contributed by atoms with Crippen LogP contribution in [0.1, 0.15) is 19.8 Å². The molecule has 31 heavy (non-hydrogen) atoms. The number of halogens is 2. The molecule has 9 heteroatoms. The summed E-state index contributed by atoms with van der Waals surface area (Å²) in [7, 11) is -2.72. The van der Waals surface area contributed by atoms with E-state index in [1.165, 1.54) is 24.2 Å². The van der Waals surface area contributed by atoms with Gasteiger partial charge in [-0.05, 0) is 50.8 Å². The molecule has 0 heterocycles. The predicted octanol–water partition coefficient (Wildman–Crippen LogP) is -0.634. The molecule has 0 saturated heterocycles. The SMILES string of the molecule is C[CH]=[Zr+2].C[Si](C)(C)OCCOC1=CC[C-]=C1.C[Si](C)(C)OCCOC1=CC[C-]=C1.[Cl-].[Cl-]. The topological polar surface area (TPSA) is 36.9 Å². The molecule has 0 fully saturated rings. The van der Waals surface area contributed by atoms with Crippen molar-refractivity contribution >= 4 is 20.3 Å². The molecule has 2 rings (SSSR count). The van der Waals surface area contributed by atoms with Crippen LogP contribution in [0.4, 0.5) is 0 Å². The maximum Gasteiger partial charge on any atom is 0.183 e. The Hall–Kier alpha value is 0.247. The Labute approximate surface area is 219 Å². The molecule has 2 aliphatic carbocycles. The largest absolute Gasteiger partial charge is 1.00 e. The molecular formula is C22H38Cl2O4Si2Zr-2. The molecule has 0 aliphatic heterocycles. The Morgan fingerprint density at radius 3 is 1.32 bits per heavy atom. The summed E-state index contributed by atoms with van der Waals surface area (Å²) in [5, 5.41) is 0. The third kappa shape index (κ3) is 26.4. The minimum atomic E-state index is -1.36. The fraction of sp³-hybridized carbons (Fsp3) is 0.591. The molecule has 0 saturated carbocycles. The fourth-order valence-electron chi connectivity index (χ4n) is 1.97. The van der Waals surface area contributed by atoms with E-state index in [1.54, 1.807) is 0 Å². The molecule has 0 N–H and O–H groups in total. The van der Waals surface area contributed by atoms with E-state index in [2.05, 4.69) is 55.1 Å². The van der Waals surface area contributed by atoms with Gasteiger partial charge in [0.15, 0.2) is 16.6 Å². The average Bonchev–Trinajstić information content (AvgIpc) is 3.29. The van der Waals surface area contributed by atoms with E-state index in [4.69, 9.17) is 18.3 Å². The van der Waals surface area contributed by atoms with Crippen molar-refractivity contribution in [3.63, 3.8) is 0 Å². The Morgan fingerprint density at radius 1 is 0.774 bits per heavy atom. The molecule has 0 aromatic heterocycles. The number of hydrogen-bond acceptors (Lipinski definition) is 4. The zero-order valence-corrected chi connectivity index (χ0v) is 26.0. The van der Waals surface area contributed by atoms with E-state index in [0.29, 0.717) is 26.4 Å². The summed E-state index contributed by atoms with van der Waals surface area (Å²) in [5.74, 6) is 1.86. The number of hydrogen-bond donors (Lipinski definition) is 0. The van der Waals surface area contributed by atoms with E-state index >= 15 is 0 Å². The van der Waals surface area contributed by atoms with Crippen molar-refractivity contribution in [1.82, 2.24) is 0 Å². The summed E-state index contributed by atoms with van der Waals surface area (Å²) < 4.78 is 24.3. The minimum absolute atomic E-state index is 0. The Morgan fingerprint density at radius 2 is 1.10 bits per heavy atom. The van der Waals surface area contributed by atoms with Crippen LogP contribution in [0.25, 0.3) is 0 Å². The molecule has 0 unspecified atom stereocenters. The van der Waals surface area contributed by atoms with Crippen LogP contribution in [-0.4, -0.2) is 46.8 Å². The van der Waals surface area contributed by atoms with Crippen LogP contribution in [0.5, 0.6) is 0 Å². The third-order valence-electron chi connectivity index (χ3n) is 3.11. The van der Waals surface area contributed by atoms with Crippen LogP contribution < -0.4 is 24.8 Å². The zero-order valence-electron chi connectivity index (χ0n) is 20.0. The van der Waals surface area contributed by atoms with Crippen LogP contribution in [0, 0.1) is 12.2 Å². The maximum absolute atomic E-state index is 5.64. The molecule has 0 bridgehead atoms. The summed E-state index contributed by atoms with van der Waals surface area (Å²) in [6, 6.07) is 0. The Balaban J connectivity index is -0.000000424. The Bertz CT molecular complexity index is 533. The van der Waals surface area contributed by atoms with Crippen LogP contribution in [0.15, 0.2) is 35.8 Å². The Kier molecular flexibility index (Phi) is 24.1. The molecule has 0 radical (unpaired) electrons. The van der Waals surface area contributed by atoms with Gasteiger partial charge >= 0.3 is 34.9 Å². The second-order valence-corrected chi connectivity index (χ2v) is 18.7. The molecular weight excluding hydrogens is 547 g/mol. The standard InChI is InChI=1S/2C10H17O2Si.C2H4.2ClH.Zr/c2*1-13(2,3)12-9-8-11-10-6-4-5-7-10;1-2;;;/h2*6-7H,4,8-9H2,1-3H3;1H,2H3;2*1H;/q2*-1;;;;+2/p-2. The van der Waals surface area contributed by atoms with E-state index in [-0.39, 0.29) is 24.8 Å². The summed E-state index contributed by atoms with van der Waals surface area (Å²) in [5.41, 5.74) is 0. The van der Waals surface area contributed by atoms with Crippen molar-refractivity contribution < 1.29 is 67.4 Å². The molecule has 0 aromatic rings. The van der Waals surface area contributed by atoms with Gasteiger partial charge in [-0.15, -0.1) is 25.0 Å². The van der Waals surface area contributed by atoms with Gasteiger partial charge in [0.1, 0.15) is 0 Å². The summed E-state index contributed by atoms with van der Waals surface area (Å²) >= 11 is 1.51. The molecule has 0 spiro atoms. The summed E-state index contributed by atoms with van der Waals surface area (Å²) in [6.45, 7) is 17.8. The number of ether oxygens (including phenoxy) is 2. The van der Waals surface area contributed by atoms with Gasteiger partial charge in [0.05, 0.1) is 26.4 Å². The maximum atomic E-state index is 5.64. The van der Waals surface area contributed by atoms with Crippen molar-refractivity contribution in [3.8, 4) is 0 Å². The van der Waals surface area contributed by atoms with E-state index < -0.39 is 16.6 Å². The third-order valence-corrected chi connectivity index (χ3v) is 5.25. The zero-order chi connectivity index (χ0) is 22.2. The fourth-order valence-corrected chi connectivity index (χ4v) is 3.36. The number of rotatable bonds is 10. The van der Waals surface area contributed by atoms with Crippen molar-refractivity contribution in [2.24, 2.45) is 0 Å². The smallest absolute Gasteiger partial charge is 0.183 e. The second kappa shape index (κ2) is 20.8. The van der Waals surface area contributed by atoms with E-state index in [0.717, 1.165) is 24.4 Å². The number of allylic oxidation sites excluding steroid dienone is 6. The first kappa shape index (κ1) is 35.8. The molecule has 4 nitrogen and oxygen atoms in total.